The molecule has 0 aliphatic rings. The van der Waals surface area contributed by atoms with Crippen molar-refractivity contribution in [3.63, 3.8) is 0 Å². The highest BCUT2D eigenvalue weighted by Gasteiger charge is 2.19. The summed E-state index contributed by atoms with van der Waals surface area (Å²) < 4.78 is 1.41. The Hall–Kier alpha value is -2.54. The summed E-state index contributed by atoms with van der Waals surface area (Å²) in [6, 6.07) is 3.64. The molecule has 0 saturated carbocycles. The Morgan fingerprint density at radius 1 is 1.32 bits per heavy atom. The molecule has 0 bridgehead atoms. The Morgan fingerprint density at radius 3 is 2.82 bits per heavy atom. The van der Waals surface area contributed by atoms with E-state index in [1.165, 1.54) is 22.2 Å². The first kappa shape index (κ1) is 14.4. The van der Waals surface area contributed by atoms with Crippen LogP contribution < -0.4 is 10.9 Å². The fraction of sp³-hybridized carbons (Fsp3) is 0.200. The van der Waals surface area contributed by atoms with E-state index in [-0.39, 0.29) is 11.5 Å². The van der Waals surface area contributed by atoms with Gasteiger partial charge in [-0.05, 0) is 37.1 Å². The number of aromatic nitrogens is 3. The van der Waals surface area contributed by atoms with Gasteiger partial charge in [0.25, 0.3) is 11.5 Å². The Bertz CT molecular complexity index is 942. The average Bonchev–Trinajstić information content (AvgIpc) is 2.81. The van der Waals surface area contributed by atoms with Gasteiger partial charge in [0.1, 0.15) is 10.6 Å². The first-order chi connectivity index (χ1) is 10.5. The molecule has 3 aromatic heterocycles. The standard InChI is InChI=1S/C15H14N4O2S/c1-8-4-5-16-10(6-8)18-13(20)12-9(2)11-14(22-12)17-7-19(3)15(11)21/h4-7H,1-3H3,(H,16,18,20). The molecule has 22 heavy (non-hydrogen) atoms. The minimum atomic E-state index is -0.277. The smallest absolute Gasteiger partial charge is 0.267 e. The van der Waals surface area contributed by atoms with Gasteiger partial charge >= 0.3 is 0 Å². The number of aryl methyl sites for hydroxylation is 3. The zero-order valence-corrected chi connectivity index (χ0v) is 13.2. The molecule has 3 heterocycles. The average molecular weight is 314 g/mol. The van der Waals surface area contributed by atoms with Gasteiger partial charge in [-0.2, -0.15) is 0 Å². The van der Waals surface area contributed by atoms with E-state index < -0.39 is 0 Å². The molecule has 3 rings (SSSR count). The predicted molar refractivity (Wildman–Crippen MR) is 86.5 cm³/mol. The van der Waals surface area contributed by atoms with Gasteiger partial charge in [0.05, 0.1) is 16.6 Å². The molecular weight excluding hydrogens is 300 g/mol. The summed E-state index contributed by atoms with van der Waals surface area (Å²) in [6.07, 6.45) is 3.10. The second-order valence-corrected chi connectivity index (χ2v) is 6.07. The van der Waals surface area contributed by atoms with Crippen molar-refractivity contribution in [1.29, 1.82) is 0 Å². The van der Waals surface area contributed by atoms with Gasteiger partial charge in [0.15, 0.2) is 0 Å². The van der Waals surface area contributed by atoms with Crippen LogP contribution in [0.25, 0.3) is 10.2 Å². The third kappa shape index (κ3) is 2.39. The van der Waals surface area contributed by atoms with Crippen molar-refractivity contribution < 1.29 is 4.79 Å². The third-order valence-electron chi connectivity index (χ3n) is 3.37. The molecule has 0 fully saturated rings. The lowest BCUT2D eigenvalue weighted by molar-refractivity contribution is 0.102. The van der Waals surface area contributed by atoms with Crippen molar-refractivity contribution in [2.45, 2.75) is 13.8 Å². The molecule has 7 heteroatoms. The summed E-state index contributed by atoms with van der Waals surface area (Å²) >= 11 is 1.21. The van der Waals surface area contributed by atoms with Crippen LogP contribution in [0.3, 0.4) is 0 Å². The number of carbonyl (C=O) groups is 1. The Kier molecular flexibility index (Phi) is 3.50. The topological polar surface area (TPSA) is 76.9 Å². The summed E-state index contributed by atoms with van der Waals surface area (Å²) in [5, 5.41) is 3.26. The number of nitrogens with one attached hydrogen (secondary N) is 1. The first-order valence-electron chi connectivity index (χ1n) is 6.66. The van der Waals surface area contributed by atoms with E-state index in [0.29, 0.717) is 26.5 Å². The third-order valence-corrected chi connectivity index (χ3v) is 4.57. The summed E-state index contributed by atoms with van der Waals surface area (Å²) in [4.78, 5) is 34.0. The summed E-state index contributed by atoms with van der Waals surface area (Å²) in [6.45, 7) is 3.69. The van der Waals surface area contributed by atoms with E-state index in [9.17, 15) is 9.59 Å². The van der Waals surface area contributed by atoms with Crippen molar-refractivity contribution in [2.75, 3.05) is 5.32 Å². The van der Waals surface area contributed by atoms with Crippen molar-refractivity contribution in [1.82, 2.24) is 14.5 Å². The Labute approximate surface area is 130 Å². The molecule has 0 aliphatic carbocycles. The van der Waals surface area contributed by atoms with Crippen LogP contribution in [0.2, 0.25) is 0 Å². The van der Waals surface area contributed by atoms with Crippen LogP contribution in [0.4, 0.5) is 5.82 Å². The highest BCUT2D eigenvalue weighted by molar-refractivity contribution is 7.20. The molecule has 0 radical (unpaired) electrons. The maximum Gasteiger partial charge on any atom is 0.267 e. The van der Waals surface area contributed by atoms with Crippen molar-refractivity contribution in [2.24, 2.45) is 7.05 Å². The maximum atomic E-state index is 12.4. The fourth-order valence-electron chi connectivity index (χ4n) is 2.20. The number of rotatable bonds is 2. The van der Waals surface area contributed by atoms with Gasteiger partial charge < -0.3 is 9.88 Å². The number of thiophene rings is 1. The first-order valence-corrected chi connectivity index (χ1v) is 7.47. The zero-order valence-electron chi connectivity index (χ0n) is 12.4. The lowest BCUT2D eigenvalue weighted by Crippen LogP contribution is -2.17. The molecule has 1 amide bonds. The maximum absolute atomic E-state index is 12.4. The van der Waals surface area contributed by atoms with Crippen molar-refractivity contribution in [3.8, 4) is 0 Å². The van der Waals surface area contributed by atoms with Crippen molar-refractivity contribution in [3.05, 3.63) is 51.0 Å². The molecule has 0 spiro atoms. The number of hydrogen-bond donors (Lipinski definition) is 1. The highest BCUT2D eigenvalue weighted by Crippen LogP contribution is 2.27. The Balaban J connectivity index is 2.03. The van der Waals surface area contributed by atoms with E-state index in [4.69, 9.17) is 0 Å². The summed E-state index contributed by atoms with van der Waals surface area (Å²) in [5.41, 5.74) is 1.51. The number of nitrogens with zero attached hydrogens (tertiary/aromatic N) is 3. The van der Waals surface area contributed by atoms with Gasteiger partial charge in [-0.1, -0.05) is 0 Å². The number of amides is 1. The zero-order chi connectivity index (χ0) is 15.9. The molecule has 0 aromatic carbocycles. The van der Waals surface area contributed by atoms with Crippen LogP contribution in [-0.2, 0) is 7.05 Å². The molecule has 0 unspecified atom stereocenters. The lowest BCUT2D eigenvalue weighted by Gasteiger charge is -2.04. The van der Waals surface area contributed by atoms with Crippen molar-refractivity contribution >= 4 is 33.3 Å². The second kappa shape index (κ2) is 5.34. The van der Waals surface area contributed by atoms with E-state index in [1.54, 1.807) is 26.2 Å². The molecule has 0 aliphatic heterocycles. The fourth-order valence-corrected chi connectivity index (χ4v) is 3.24. The van der Waals surface area contributed by atoms with Gasteiger partial charge in [0, 0.05) is 13.2 Å². The number of anilines is 1. The van der Waals surface area contributed by atoms with E-state index in [0.717, 1.165) is 5.56 Å². The number of fused-ring (bicyclic) bond motifs is 1. The number of carbonyl (C=O) groups excluding carboxylic acids is 1. The minimum absolute atomic E-state index is 0.147. The van der Waals surface area contributed by atoms with Crippen LogP contribution in [-0.4, -0.2) is 20.4 Å². The second-order valence-electron chi connectivity index (χ2n) is 5.07. The van der Waals surface area contributed by atoms with E-state index in [1.807, 2.05) is 13.0 Å². The molecule has 0 atom stereocenters. The highest BCUT2D eigenvalue weighted by atomic mass is 32.1. The largest absolute Gasteiger partial charge is 0.306 e. The van der Waals surface area contributed by atoms with Crippen LogP contribution in [0, 0.1) is 13.8 Å². The number of hydrogen-bond acceptors (Lipinski definition) is 5. The minimum Gasteiger partial charge on any atom is -0.306 e. The summed E-state index contributed by atoms with van der Waals surface area (Å²) in [5.74, 6) is 0.211. The van der Waals surface area contributed by atoms with Gasteiger partial charge in [-0.25, -0.2) is 9.97 Å². The van der Waals surface area contributed by atoms with E-state index >= 15 is 0 Å². The number of pyridine rings is 1. The van der Waals surface area contributed by atoms with Gasteiger partial charge in [-0.15, -0.1) is 11.3 Å². The molecule has 112 valence electrons. The lowest BCUT2D eigenvalue weighted by atomic mass is 10.2. The quantitative estimate of drug-likeness (QED) is 0.787. The van der Waals surface area contributed by atoms with Crippen LogP contribution in [0.1, 0.15) is 20.8 Å². The SMILES string of the molecule is Cc1ccnc(NC(=O)c2sc3ncn(C)c(=O)c3c2C)c1. The predicted octanol–water partition coefficient (Wildman–Crippen LogP) is 2.26. The molecule has 3 aromatic rings. The van der Waals surface area contributed by atoms with Crippen LogP contribution in [0.15, 0.2) is 29.5 Å². The monoisotopic (exact) mass is 314 g/mol. The molecule has 1 N–H and O–H groups in total. The normalized spacial score (nSPS) is 10.9. The molecular formula is C15H14N4O2S. The molecule has 6 nitrogen and oxygen atoms in total. The van der Waals surface area contributed by atoms with Crippen LogP contribution >= 0.6 is 11.3 Å². The van der Waals surface area contributed by atoms with Crippen LogP contribution in [0.5, 0.6) is 0 Å². The van der Waals surface area contributed by atoms with Gasteiger partial charge in [-0.3, -0.25) is 9.59 Å². The van der Waals surface area contributed by atoms with Gasteiger partial charge in [0.2, 0.25) is 0 Å². The van der Waals surface area contributed by atoms with E-state index in [2.05, 4.69) is 15.3 Å². The molecule has 0 saturated heterocycles. The Morgan fingerprint density at radius 2 is 2.09 bits per heavy atom. The summed E-state index contributed by atoms with van der Waals surface area (Å²) in [7, 11) is 1.64.